The van der Waals surface area contributed by atoms with Crippen molar-refractivity contribution in [1.29, 1.82) is 0 Å². The van der Waals surface area contributed by atoms with Crippen molar-refractivity contribution >= 4 is 17.3 Å². The minimum absolute atomic E-state index is 0.0275. The van der Waals surface area contributed by atoms with Crippen LogP contribution in [0.5, 0.6) is 0 Å². The highest BCUT2D eigenvalue weighted by molar-refractivity contribution is 6.02. The number of carbonyl (C=O) groups excluding carboxylic acids is 1. The molecular weight excluding hydrogens is 214 g/mol. The summed E-state index contributed by atoms with van der Waals surface area (Å²) in [5, 5.41) is 2.70. The Labute approximate surface area is 91.1 Å². The predicted octanol–water partition coefficient (Wildman–Crippen LogP) is 1.36. The van der Waals surface area contributed by atoms with Crippen LogP contribution in [0.2, 0.25) is 0 Å². The first-order valence-corrected chi connectivity index (χ1v) is 4.60. The zero-order valence-corrected chi connectivity index (χ0v) is 8.26. The number of terminal acetylenes is 1. The fourth-order valence-corrected chi connectivity index (χ4v) is 1.57. The van der Waals surface area contributed by atoms with Gasteiger partial charge in [-0.15, -0.1) is 6.42 Å². The van der Waals surface area contributed by atoms with E-state index in [1.165, 1.54) is 4.90 Å². The van der Waals surface area contributed by atoms with Crippen molar-refractivity contribution in [3.05, 3.63) is 23.8 Å². The third kappa shape index (κ3) is 1.58. The second-order valence-corrected chi connectivity index (χ2v) is 3.32. The highest BCUT2D eigenvalue weighted by atomic mass is 19.2. The van der Waals surface area contributed by atoms with Crippen molar-refractivity contribution in [2.75, 3.05) is 23.3 Å². The molecule has 1 aromatic rings. The molecule has 0 aliphatic carbocycles. The lowest BCUT2D eigenvalue weighted by Crippen LogP contribution is -2.40. The monoisotopic (exact) mass is 222 g/mol. The number of hydrogen-bond acceptors (Lipinski definition) is 2. The Hall–Kier alpha value is -2.09. The Morgan fingerprint density at radius 2 is 2.12 bits per heavy atom. The summed E-state index contributed by atoms with van der Waals surface area (Å²) in [5.74, 6) is 0.0771. The molecule has 0 fully saturated rings. The number of nitrogens with one attached hydrogen (secondary N) is 1. The van der Waals surface area contributed by atoms with Crippen LogP contribution in [0.15, 0.2) is 12.1 Å². The maximum atomic E-state index is 13.1. The van der Waals surface area contributed by atoms with Gasteiger partial charge in [-0.25, -0.2) is 8.78 Å². The highest BCUT2D eigenvalue weighted by Crippen LogP contribution is 2.31. The molecule has 1 amide bonds. The lowest BCUT2D eigenvalue weighted by molar-refractivity contribution is -0.117. The molecule has 0 spiro atoms. The van der Waals surface area contributed by atoms with E-state index in [-0.39, 0.29) is 24.7 Å². The van der Waals surface area contributed by atoms with Gasteiger partial charge in [0, 0.05) is 12.1 Å². The van der Waals surface area contributed by atoms with Crippen LogP contribution in [-0.2, 0) is 4.79 Å². The second kappa shape index (κ2) is 3.81. The van der Waals surface area contributed by atoms with Crippen LogP contribution in [-0.4, -0.2) is 19.0 Å². The number of halogens is 2. The van der Waals surface area contributed by atoms with Crippen LogP contribution >= 0.6 is 0 Å². The zero-order chi connectivity index (χ0) is 11.7. The van der Waals surface area contributed by atoms with Crippen LogP contribution < -0.4 is 10.2 Å². The molecule has 0 radical (unpaired) electrons. The molecule has 0 saturated carbocycles. The van der Waals surface area contributed by atoms with Gasteiger partial charge in [-0.05, 0) is 0 Å². The number of fused-ring (bicyclic) bond motifs is 1. The minimum atomic E-state index is -1.00. The molecule has 5 heteroatoms. The van der Waals surface area contributed by atoms with Crippen molar-refractivity contribution in [2.45, 2.75) is 0 Å². The molecule has 1 aliphatic rings. The zero-order valence-electron chi connectivity index (χ0n) is 8.26. The van der Waals surface area contributed by atoms with Gasteiger partial charge in [0.2, 0.25) is 5.91 Å². The third-order valence-corrected chi connectivity index (χ3v) is 2.31. The minimum Gasteiger partial charge on any atom is -0.374 e. The van der Waals surface area contributed by atoms with Gasteiger partial charge < -0.3 is 5.32 Å². The van der Waals surface area contributed by atoms with Crippen molar-refractivity contribution in [3.63, 3.8) is 0 Å². The first kappa shape index (κ1) is 10.4. The molecule has 0 saturated heterocycles. The maximum Gasteiger partial charge on any atom is 0.247 e. The van der Waals surface area contributed by atoms with Gasteiger partial charge in [0.1, 0.15) is 0 Å². The highest BCUT2D eigenvalue weighted by Gasteiger charge is 2.24. The van der Waals surface area contributed by atoms with Crippen molar-refractivity contribution in [1.82, 2.24) is 0 Å². The molecular formula is C11H8F2N2O. The molecule has 16 heavy (non-hydrogen) atoms. The van der Waals surface area contributed by atoms with Crippen LogP contribution in [0.25, 0.3) is 0 Å². The summed E-state index contributed by atoms with van der Waals surface area (Å²) in [7, 11) is 0. The van der Waals surface area contributed by atoms with Gasteiger partial charge in [-0.1, -0.05) is 5.92 Å². The van der Waals surface area contributed by atoms with Crippen molar-refractivity contribution < 1.29 is 13.6 Å². The molecule has 0 bridgehead atoms. The van der Waals surface area contributed by atoms with E-state index < -0.39 is 11.6 Å². The average molecular weight is 222 g/mol. The number of anilines is 2. The molecule has 2 rings (SSSR count). The smallest absolute Gasteiger partial charge is 0.247 e. The summed E-state index contributed by atoms with van der Waals surface area (Å²) < 4.78 is 26.0. The summed E-state index contributed by atoms with van der Waals surface area (Å²) >= 11 is 0. The fraction of sp³-hybridized carbons (Fsp3) is 0.182. The van der Waals surface area contributed by atoms with E-state index >= 15 is 0 Å². The normalized spacial score (nSPS) is 14.1. The SMILES string of the molecule is C#CCN1C(=O)CNc2cc(F)c(F)cc21. The Balaban J connectivity index is 2.51. The van der Waals surface area contributed by atoms with Crippen LogP contribution in [0.4, 0.5) is 20.2 Å². The summed E-state index contributed by atoms with van der Waals surface area (Å²) in [5.41, 5.74) is 0.641. The van der Waals surface area contributed by atoms with E-state index in [0.29, 0.717) is 5.69 Å². The fourth-order valence-electron chi connectivity index (χ4n) is 1.57. The van der Waals surface area contributed by atoms with E-state index in [2.05, 4.69) is 11.2 Å². The molecule has 1 aromatic carbocycles. The number of nitrogens with zero attached hydrogens (tertiary/aromatic N) is 1. The maximum absolute atomic E-state index is 13.1. The predicted molar refractivity (Wildman–Crippen MR) is 56.0 cm³/mol. The number of carbonyl (C=O) groups is 1. The van der Waals surface area contributed by atoms with Gasteiger partial charge in [0.15, 0.2) is 11.6 Å². The molecule has 1 N–H and O–H groups in total. The summed E-state index contributed by atoms with van der Waals surface area (Å²) in [4.78, 5) is 12.7. The molecule has 0 aromatic heterocycles. The summed E-state index contributed by atoms with van der Waals surface area (Å²) in [6.45, 7) is 0.0678. The number of rotatable bonds is 1. The van der Waals surface area contributed by atoms with E-state index in [4.69, 9.17) is 6.42 Å². The van der Waals surface area contributed by atoms with Crippen LogP contribution in [0.1, 0.15) is 0 Å². The van der Waals surface area contributed by atoms with Gasteiger partial charge >= 0.3 is 0 Å². The standard InChI is InChI=1S/C11H8F2N2O/c1-2-3-15-10-5-8(13)7(12)4-9(10)14-6-11(15)16/h1,4-5,14H,3,6H2. The summed E-state index contributed by atoms with van der Waals surface area (Å²) in [6.07, 6.45) is 5.11. The average Bonchev–Trinajstić information content (AvgIpc) is 2.25. The molecule has 1 aliphatic heterocycles. The Morgan fingerprint density at radius 3 is 2.81 bits per heavy atom. The van der Waals surface area contributed by atoms with E-state index in [9.17, 15) is 13.6 Å². The van der Waals surface area contributed by atoms with Crippen molar-refractivity contribution in [2.24, 2.45) is 0 Å². The largest absolute Gasteiger partial charge is 0.374 e. The molecule has 0 unspecified atom stereocenters. The van der Waals surface area contributed by atoms with Gasteiger partial charge in [0.25, 0.3) is 0 Å². The molecule has 3 nitrogen and oxygen atoms in total. The van der Waals surface area contributed by atoms with Crippen LogP contribution in [0.3, 0.4) is 0 Å². The van der Waals surface area contributed by atoms with Gasteiger partial charge in [-0.3, -0.25) is 9.69 Å². The number of hydrogen-bond donors (Lipinski definition) is 1. The number of amides is 1. The summed E-state index contributed by atoms with van der Waals surface area (Å²) in [6, 6.07) is 1.98. The van der Waals surface area contributed by atoms with E-state index in [1.807, 2.05) is 0 Å². The lowest BCUT2D eigenvalue weighted by atomic mass is 10.2. The quantitative estimate of drug-likeness (QED) is 0.727. The van der Waals surface area contributed by atoms with E-state index in [1.54, 1.807) is 0 Å². The lowest BCUT2D eigenvalue weighted by Gasteiger charge is -2.28. The van der Waals surface area contributed by atoms with Gasteiger partial charge in [0.05, 0.1) is 24.5 Å². The molecule has 0 atom stereocenters. The third-order valence-electron chi connectivity index (χ3n) is 2.31. The second-order valence-electron chi connectivity index (χ2n) is 3.32. The van der Waals surface area contributed by atoms with E-state index in [0.717, 1.165) is 12.1 Å². The van der Waals surface area contributed by atoms with Gasteiger partial charge in [-0.2, -0.15) is 0 Å². The van der Waals surface area contributed by atoms with Crippen molar-refractivity contribution in [3.8, 4) is 12.3 Å². The molecule has 82 valence electrons. The first-order chi connectivity index (χ1) is 7.63. The number of benzene rings is 1. The van der Waals surface area contributed by atoms with Crippen LogP contribution in [0, 0.1) is 24.0 Å². The molecule has 1 heterocycles. The topological polar surface area (TPSA) is 32.3 Å². The Morgan fingerprint density at radius 1 is 1.44 bits per heavy atom. The first-order valence-electron chi connectivity index (χ1n) is 4.60. The Kier molecular flexibility index (Phi) is 2.49. The Bertz CT molecular complexity index is 493.